The van der Waals surface area contributed by atoms with Gasteiger partial charge >= 0.3 is 0 Å². The SMILES string of the molecule is C[C@@]1(F)COCc2ccc(C(=O)NCc3cc4nc(-c5ccnc(C6CC6)n5)sc4cn3)cc21. The Morgan fingerprint density at radius 2 is 2.12 bits per heavy atom. The van der Waals surface area contributed by atoms with Crippen molar-refractivity contribution in [1.29, 1.82) is 0 Å². The van der Waals surface area contributed by atoms with E-state index in [0.29, 0.717) is 29.3 Å². The number of aromatic nitrogens is 4. The number of alkyl halides is 1. The number of nitrogens with one attached hydrogen (secondary N) is 1. The molecule has 1 aromatic carbocycles. The first-order chi connectivity index (χ1) is 16.5. The molecule has 2 aliphatic rings. The van der Waals surface area contributed by atoms with Crippen LogP contribution >= 0.6 is 11.3 Å². The van der Waals surface area contributed by atoms with Gasteiger partial charge < -0.3 is 10.1 Å². The molecular weight excluding hydrogens is 453 g/mol. The van der Waals surface area contributed by atoms with Crippen molar-refractivity contribution in [1.82, 2.24) is 25.3 Å². The topological polar surface area (TPSA) is 89.9 Å². The molecular formula is C25H22FN5O2S. The van der Waals surface area contributed by atoms with Gasteiger partial charge in [0, 0.05) is 23.9 Å². The average molecular weight is 476 g/mol. The summed E-state index contributed by atoms with van der Waals surface area (Å²) < 4.78 is 21.1. The average Bonchev–Trinajstić information content (AvgIpc) is 3.61. The van der Waals surface area contributed by atoms with E-state index in [0.717, 1.165) is 45.1 Å². The van der Waals surface area contributed by atoms with Crippen molar-refractivity contribution in [2.24, 2.45) is 0 Å². The number of fused-ring (bicyclic) bond motifs is 2. The van der Waals surface area contributed by atoms with E-state index in [-0.39, 0.29) is 19.1 Å². The zero-order valence-corrected chi connectivity index (χ0v) is 19.4. The Morgan fingerprint density at radius 1 is 1.24 bits per heavy atom. The van der Waals surface area contributed by atoms with Gasteiger partial charge in [-0.15, -0.1) is 11.3 Å². The van der Waals surface area contributed by atoms with E-state index in [2.05, 4.69) is 20.3 Å². The molecule has 34 heavy (non-hydrogen) atoms. The fourth-order valence-electron chi connectivity index (χ4n) is 4.15. The van der Waals surface area contributed by atoms with Gasteiger partial charge in [0.1, 0.15) is 16.5 Å². The standard InChI is InChI=1S/C25H22FN5O2S/c1-25(26)13-33-12-16-5-4-15(8-18(16)25)23(32)29-10-17-9-20-21(11-28-17)34-24(31-20)19-6-7-27-22(30-19)14-2-3-14/h4-9,11,14H,2-3,10,12-13H2,1H3,(H,29,32)/t25-/m1/s1. The number of carbonyl (C=O) groups excluding carboxylic acids is 1. The smallest absolute Gasteiger partial charge is 0.251 e. The first-order valence-electron chi connectivity index (χ1n) is 11.2. The third-order valence-electron chi connectivity index (χ3n) is 6.16. The first-order valence-corrected chi connectivity index (χ1v) is 12.0. The molecule has 1 amide bonds. The van der Waals surface area contributed by atoms with Crippen LogP contribution in [0, 0.1) is 0 Å². The number of thiazole rings is 1. The molecule has 1 atom stereocenters. The summed E-state index contributed by atoms with van der Waals surface area (Å²) in [6.07, 6.45) is 5.86. The minimum atomic E-state index is -1.61. The molecule has 0 unspecified atom stereocenters. The minimum absolute atomic E-state index is 0.0124. The summed E-state index contributed by atoms with van der Waals surface area (Å²) in [5.74, 6) is 1.09. The highest BCUT2D eigenvalue weighted by Gasteiger charge is 2.33. The summed E-state index contributed by atoms with van der Waals surface area (Å²) in [4.78, 5) is 31.0. The van der Waals surface area contributed by atoms with Crippen LogP contribution in [-0.4, -0.2) is 32.4 Å². The van der Waals surface area contributed by atoms with Crippen LogP contribution < -0.4 is 5.32 Å². The van der Waals surface area contributed by atoms with E-state index in [1.807, 2.05) is 12.1 Å². The third kappa shape index (κ3) is 4.05. The van der Waals surface area contributed by atoms with Gasteiger partial charge in [-0.1, -0.05) is 6.07 Å². The monoisotopic (exact) mass is 475 g/mol. The number of nitrogens with zero attached hydrogens (tertiary/aromatic N) is 4. The van der Waals surface area contributed by atoms with Crippen LogP contribution in [-0.2, 0) is 23.6 Å². The lowest BCUT2D eigenvalue weighted by molar-refractivity contribution is -0.00467. The van der Waals surface area contributed by atoms with Gasteiger partial charge in [0.15, 0.2) is 5.67 Å². The maximum Gasteiger partial charge on any atom is 0.251 e. The minimum Gasteiger partial charge on any atom is -0.373 e. The Bertz CT molecular complexity index is 1420. The number of hydrogen-bond acceptors (Lipinski definition) is 7. The molecule has 0 saturated heterocycles. The van der Waals surface area contributed by atoms with Crippen molar-refractivity contribution in [3.63, 3.8) is 0 Å². The lowest BCUT2D eigenvalue weighted by Gasteiger charge is -2.29. The van der Waals surface area contributed by atoms with Gasteiger partial charge in [-0.05, 0) is 55.2 Å². The summed E-state index contributed by atoms with van der Waals surface area (Å²) in [5.41, 5.74) is 2.42. The molecule has 0 bridgehead atoms. The number of carbonyl (C=O) groups is 1. The van der Waals surface area contributed by atoms with Crippen molar-refractivity contribution in [2.45, 2.75) is 44.5 Å². The van der Waals surface area contributed by atoms with Crippen LogP contribution in [0.3, 0.4) is 0 Å². The van der Waals surface area contributed by atoms with Crippen LogP contribution in [0.15, 0.2) is 42.7 Å². The summed E-state index contributed by atoms with van der Waals surface area (Å²) >= 11 is 1.54. The third-order valence-corrected chi connectivity index (χ3v) is 7.19. The van der Waals surface area contributed by atoms with Crippen LogP contribution in [0.2, 0.25) is 0 Å². The number of hydrogen-bond donors (Lipinski definition) is 1. The molecule has 6 rings (SSSR count). The fraction of sp³-hybridized carbons (Fsp3) is 0.320. The molecule has 1 fully saturated rings. The number of benzene rings is 1. The van der Waals surface area contributed by atoms with E-state index in [1.54, 1.807) is 30.6 Å². The van der Waals surface area contributed by atoms with E-state index in [1.165, 1.54) is 18.3 Å². The highest BCUT2D eigenvalue weighted by atomic mass is 32.1. The molecule has 1 aliphatic heterocycles. The Balaban J connectivity index is 1.18. The van der Waals surface area contributed by atoms with E-state index >= 15 is 0 Å². The second kappa shape index (κ2) is 8.18. The predicted octanol–water partition coefficient (Wildman–Crippen LogP) is 4.67. The van der Waals surface area contributed by atoms with Crippen molar-refractivity contribution >= 4 is 27.5 Å². The molecule has 0 radical (unpaired) electrons. The van der Waals surface area contributed by atoms with Crippen molar-refractivity contribution in [2.75, 3.05) is 6.61 Å². The maximum absolute atomic E-state index is 14.8. The van der Waals surface area contributed by atoms with Gasteiger partial charge in [0.2, 0.25) is 0 Å². The van der Waals surface area contributed by atoms with Gasteiger partial charge in [-0.25, -0.2) is 19.3 Å². The van der Waals surface area contributed by atoms with Crippen LogP contribution in [0.4, 0.5) is 4.39 Å². The normalized spacial score (nSPS) is 19.7. The largest absolute Gasteiger partial charge is 0.373 e. The Labute approximate surface area is 199 Å². The molecule has 0 spiro atoms. The zero-order valence-electron chi connectivity index (χ0n) is 18.5. The van der Waals surface area contributed by atoms with E-state index in [4.69, 9.17) is 9.72 Å². The summed E-state index contributed by atoms with van der Waals surface area (Å²) in [7, 11) is 0. The number of amides is 1. The number of pyridine rings is 1. The quantitative estimate of drug-likeness (QED) is 0.451. The molecule has 9 heteroatoms. The molecule has 1 aliphatic carbocycles. The van der Waals surface area contributed by atoms with Gasteiger partial charge in [0.05, 0.1) is 35.7 Å². The predicted molar refractivity (Wildman–Crippen MR) is 126 cm³/mol. The molecule has 3 aromatic heterocycles. The zero-order chi connectivity index (χ0) is 23.3. The number of rotatable bonds is 5. The number of halogens is 1. The van der Waals surface area contributed by atoms with Crippen LogP contribution in [0.1, 0.15) is 58.7 Å². The van der Waals surface area contributed by atoms with Crippen molar-refractivity contribution in [3.8, 4) is 10.7 Å². The van der Waals surface area contributed by atoms with Crippen molar-refractivity contribution in [3.05, 3.63) is 70.9 Å². The van der Waals surface area contributed by atoms with Gasteiger partial charge in [-0.3, -0.25) is 9.78 Å². The second-order valence-corrected chi connectivity index (χ2v) is 10.0. The Hall–Kier alpha value is -3.30. The summed E-state index contributed by atoms with van der Waals surface area (Å²) in [6, 6.07) is 8.82. The Kier molecular flexibility index (Phi) is 5.11. The molecule has 1 N–H and O–H groups in total. The lowest BCUT2D eigenvalue weighted by Crippen LogP contribution is -2.30. The van der Waals surface area contributed by atoms with Crippen molar-refractivity contribution < 1.29 is 13.9 Å². The van der Waals surface area contributed by atoms with Crippen LogP contribution in [0.5, 0.6) is 0 Å². The molecule has 4 aromatic rings. The Morgan fingerprint density at radius 3 is 2.97 bits per heavy atom. The molecule has 1 saturated carbocycles. The maximum atomic E-state index is 14.8. The number of ether oxygens (including phenoxy) is 1. The molecule has 4 heterocycles. The highest BCUT2D eigenvalue weighted by Crippen LogP contribution is 2.39. The lowest BCUT2D eigenvalue weighted by atomic mass is 9.90. The fourth-order valence-corrected chi connectivity index (χ4v) is 5.03. The molecule has 7 nitrogen and oxygen atoms in total. The highest BCUT2D eigenvalue weighted by molar-refractivity contribution is 7.21. The molecule has 172 valence electrons. The first kappa shape index (κ1) is 21.2. The van der Waals surface area contributed by atoms with Gasteiger partial charge in [0.25, 0.3) is 5.91 Å². The van der Waals surface area contributed by atoms with Gasteiger partial charge in [-0.2, -0.15) is 0 Å². The van der Waals surface area contributed by atoms with E-state index in [9.17, 15) is 9.18 Å². The summed E-state index contributed by atoms with van der Waals surface area (Å²) in [5, 5.41) is 3.71. The second-order valence-electron chi connectivity index (χ2n) is 8.98. The summed E-state index contributed by atoms with van der Waals surface area (Å²) in [6.45, 7) is 2.06. The van der Waals surface area contributed by atoms with E-state index < -0.39 is 5.67 Å². The van der Waals surface area contributed by atoms with Crippen LogP contribution in [0.25, 0.3) is 20.9 Å².